The Morgan fingerprint density at radius 2 is 1.92 bits per heavy atom. The molecule has 3 N–H and O–H groups in total. The molecular weight excluding hydrogens is 374 g/mol. The maximum absolute atomic E-state index is 12.5. The van der Waals surface area contributed by atoms with Gasteiger partial charge in [-0.2, -0.15) is 5.10 Å². The van der Waals surface area contributed by atoms with Gasteiger partial charge in [0.05, 0.1) is 23.3 Å². The molecular formula is C17H18ClN5O2S. The predicted molar refractivity (Wildman–Crippen MR) is 102 cm³/mol. The largest absolute Gasteiger partial charge is 0.380 e. The van der Waals surface area contributed by atoms with E-state index in [-0.39, 0.29) is 10.7 Å². The summed E-state index contributed by atoms with van der Waals surface area (Å²) in [6.45, 7) is 3.83. The highest BCUT2D eigenvalue weighted by molar-refractivity contribution is 7.92. The highest BCUT2D eigenvalue weighted by Gasteiger charge is 2.22. The number of pyridine rings is 1. The van der Waals surface area contributed by atoms with E-state index in [0.29, 0.717) is 23.0 Å². The molecule has 2 heterocycles. The number of rotatable bonds is 6. The quantitative estimate of drug-likeness (QED) is 0.597. The summed E-state index contributed by atoms with van der Waals surface area (Å²) in [7, 11) is -3.75. The van der Waals surface area contributed by atoms with E-state index < -0.39 is 10.0 Å². The van der Waals surface area contributed by atoms with Gasteiger partial charge in [0.2, 0.25) is 0 Å². The highest BCUT2D eigenvalue weighted by atomic mass is 35.5. The third-order valence-corrected chi connectivity index (χ3v) is 5.76. The lowest BCUT2D eigenvalue weighted by atomic mass is 10.2. The molecule has 3 rings (SSSR count). The molecule has 9 heteroatoms. The molecule has 0 unspecified atom stereocenters. The monoisotopic (exact) mass is 391 g/mol. The number of hydrogen-bond donors (Lipinski definition) is 3. The zero-order valence-corrected chi connectivity index (χ0v) is 15.8. The van der Waals surface area contributed by atoms with Crippen LogP contribution in [0.5, 0.6) is 0 Å². The van der Waals surface area contributed by atoms with E-state index in [1.807, 2.05) is 24.3 Å². The molecule has 26 heavy (non-hydrogen) atoms. The number of aryl methyl sites for hydroxylation is 2. The average Bonchev–Trinajstić information content (AvgIpc) is 2.94. The van der Waals surface area contributed by atoms with Gasteiger partial charge < -0.3 is 5.32 Å². The van der Waals surface area contributed by atoms with Gasteiger partial charge in [0.15, 0.2) is 0 Å². The first-order valence-electron chi connectivity index (χ1n) is 7.84. The van der Waals surface area contributed by atoms with Crippen molar-refractivity contribution in [2.24, 2.45) is 0 Å². The van der Waals surface area contributed by atoms with Gasteiger partial charge in [-0.25, -0.2) is 13.4 Å². The first-order valence-corrected chi connectivity index (χ1v) is 9.70. The second-order valence-electron chi connectivity index (χ2n) is 5.75. The van der Waals surface area contributed by atoms with E-state index in [1.54, 1.807) is 32.2 Å². The summed E-state index contributed by atoms with van der Waals surface area (Å²) < 4.78 is 27.5. The average molecular weight is 392 g/mol. The third kappa shape index (κ3) is 3.97. The van der Waals surface area contributed by atoms with Crippen LogP contribution < -0.4 is 10.0 Å². The number of H-pyrrole nitrogens is 1. The summed E-state index contributed by atoms with van der Waals surface area (Å²) >= 11 is 6.12. The summed E-state index contributed by atoms with van der Waals surface area (Å²) in [6.07, 6.45) is 1.56. The number of aromatic nitrogens is 3. The van der Waals surface area contributed by atoms with E-state index in [1.165, 1.54) is 0 Å². The zero-order chi connectivity index (χ0) is 18.7. The molecule has 0 amide bonds. The Kier molecular flexibility index (Phi) is 5.15. The zero-order valence-electron chi connectivity index (χ0n) is 14.2. The minimum atomic E-state index is -3.75. The minimum Gasteiger partial charge on any atom is -0.380 e. The summed E-state index contributed by atoms with van der Waals surface area (Å²) in [5.41, 5.74) is 2.61. The van der Waals surface area contributed by atoms with Crippen LogP contribution in [0.3, 0.4) is 0 Å². The number of hydrogen-bond acceptors (Lipinski definition) is 5. The van der Waals surface area contributed by atoms with Crippen molar-refractivity contribution >= 4 is 33.1 Å². The number of sulfonamides is 1. The molecule has 0 spiro atoms. The smallest absolute Gasteiger partial charge is 0.266 e. The molecule has 0 saturated carbocycles. The first kappa shape index (κ1) is 18.2. The van der Waals surface area contributed by atoms with Gasteiger partial charge in [0.1, 0.15) is 10.7 Å². The van der Waals surface area contributed by atoms with Crippen molar-refractivity contribution < 1.29 is 8.42 Å². The molecule has 0 radical (unpaired) electrons. The Bertz CT molecular complexity index is 996. The van der Waals surface area contributed by atoms with E-state index in [4.69, 9.17) is 11.6 Å². The van der Waals surface area contributed by atoms with E-state index in [9.17, 15) is 8.42 Å². The van der Waals surface area contributed by atoms with Gasteiger partial charge >= 0.3 is 0 Å². The second kappa shape index (κ2) is 7.35. The maximum Gasteiger partial charge on any atom is 0.266 e. The first-order chi connectivity index (χ1) is 12.4. The Morgan fingerprint density at radius 1 is 1.15 bits per heavy atom. The molecule has 0 aliphatic carbocycles. The highest BCUT2D eigenvalue weighted by Crippen LogP contribution is 2.21. The standard InChI is InChI=1S/C17H18ClN5O2S/c1-11-17(12(2)22-21-11)26(24,25)23-16-8-7-14(10-20-16)19-9-13-5-3-4-6-15(13)18/h3-8,10,19H,9H2,1-2H3,(H,20,23)(H,21,22). The van der Waals surface area contributed by atoms with Gasteiger partial charge in [-0.3, -0.25) is 9.82 Å². The number of benzene rings is 1. The van der Waals surface area contributed by atoms with Gasteiger partial charge in [0, 0.05) is 11.6 Å². The number of anilines is 2. The molecule has 7 nitrogen and oxygen atoms in total. The molecule has 2 aromatic heterocycles. The van der Waals surface area contributed by atoms with Gasteiger partial charge in [0.25, 0.3) is 10.0 Å². The number of aromatic amines is 1. The van der Waals surface area contributed by atoms with Crippen molar-refractivity contribution in [3.63, 3.8) is 0 Å². The molecule has 0 saturated heterocycles. The van der Waals surface area contributed by atoms with Crippen LogP contribution in [-0.2, 0) is 16.6 Å². The second-order valence-corrected chi connectivity index (χ2v) is 7.77. The van der Waals surface area contributed by atoms with Crippen molar-refractivity contribution in [1.29, 1.82) is 0 Å². The summed E-state index contributed by atoms with van der Waals surface area (Å²) in [5.74, 6) is 0.230. The fourth-order valence-electron chi connectivity index (χ4n) is 2.52. The van der Waals surface area contributed by atoms with Crippen LogP contribution in [0.15, 0.2) is 47.5 Å². The van der Waals surface area contributed by atoms with Crippen LogP contribution in [0, 0.1) is 13.8 Å². The molecule has 0 fully saturated rings. The van der Waals surface area contributed by atoms with Crippen molar-refractivity contribution in [1.82, 2.24) is 15.2 Å². The van der Waals surface area contributed by atoms with E-state index in [0.717, 1.165) is 11.3 Å². The number of halogens is 1. The van der Waals surface area contributed by atoms with Crippen molar-refractivity contribution in [3.05, 3.63) is 64.6 Å². The third-order valence-electron chi connectivity index (χ3n) is 3.77. The van der Waals surface area contributed by atoms with Crippen LogP contribution in [0.25, 0.3) is 0 Å². The lowest BCUT2D eigenvalue weighted by Gasteiger charge is -2.10. The Hall–Kier alpha value is -2.58. The van der Waals surface area contributed by atoms with E-state index in [2.05, 4.69) is 25.2 Å². The summed E-state index contributed by atoms with van der Waals surface area (Å²) in [4.78, 5) is 4.29. The molecule has 0 atom stereocenters. The van der Waals surface area contributed by atoms with Crippen LogP contribution in [-0.4, -0.2) is 23.6 Å². The lowest BCUT2D eigenvalue weighted by Crippen LogP contribution is -2.15. The van der Waals surface area contributed by atoms with Gasteiger partial charge in [-0.15, -0.1) is 0 Å². The topological polar surface area (TPSA) is 99.8 Å². The fraction of sp³-hybridized carbons (Fsp3) is 0.176. The predicted octanol–water partition coefficient (Wildman–Crippen LogP) is 3.49. The minimum absolute atomic E-state index is 0.139. The lowest BCUT2D eigenvalue weighted by molar-refractivity contribution is 0.600. The van der Waals surface area contributed by atoms with Crippen LogP contribution in [0.4, 0.5) is 11.5 Å². The molecule has 1 aromatic carbocycles. The molecule has 0 aliphatic rings. The normalized spacial score (nSPS) is 11.3. The SMILES string of the molecule is Cc1n[nH]c(C)c1S(=O)(=O)Nc1ccc(NCc2ccccc2Cl)cn1. The van der Waals surface area contributed by atoms with Gasteiger partial charge in [-0.1, -0.05) is 29.8 Å². The van der Waals surface area contributed by atoms with Crippen molar-refractivity contribution in [2.75, 3.05) is 10.0 Å². The van der Waals surface area contributed by atoms with E-state index >= 15 is 0 Å². The summed E-state index contributed by atoms with van der Waals surface area (Å²) in [5, 5.41) is 10.5. The van der Waals surface area contributed by atoms with Crippen molar-refractivity contribution in [3.8, 4) is 0 Å². The van der Waals surface area contributed by atoms with Crippen LogP contribution in [0.2, 0.25) is 5.02 Å². The van der Waals surface area contributed by atoms with Crippen LogP contribution in [0.1, 0.15) is 17.0 Å². The molecule has 136 valence electrons. The maximum atomic E-state index is 12.5. The Balaban J connectivity index is 1.69. The fourth-order valence-corrected chi connectivity index (χ4v) is 4.11. The summed E-state index contributed by atoms with van der Waals surface area (Å²) in [6, 6.07) is 10.9. The molecule has 0 aliphatic heterocycles. The van der Waals surface area contributed by atoms with Gasteiger partial charge in [-0.05, 0) is 37.6 Å². The number of nitrogens with zero attached hydrogens (tertiary/aromatic N) is 2. The molecule has 0 bridgehead atoms. The van der Waals surface area contributed by atoms with Crippen molar-refractivity contribution in [2.45, 2.75) is 25.3 Å². The Morgan fingerprint density at radius 3 is 2.54 bits per heavy atom. The molecule has 3 aromatic rings. The number of nitrogens with one attached hydrogen (secondary N) is 3. The Labute approximate surface area is 156 Å². The van der Waals surface area contributed by atoms with Crippen LogP contribution >= 0.6 is 11.6 Å².